The van der Waals surface area contributed by atoms with Crippen LogP contribution in [0.25, 0.3) is 0 Å². The van der Waals surface area contributed by atoms with Crippen molar-refractivity contribution < 1.29 is 14.3 Å². The van der Waals surface area contributed by atoms with E-state index in [0.29, 0.717) is 25.6 Å². The number of nitrogens with one attached hydrogen (secondary N) is 2. The van der Waals surface area contributed by atoms with Gasteiger partial charge in [0.15, 0.2) is 0 Å². The van der Waals surface area contributed by atoms with Crippen LogP contribution in [0.4, 0.5) is 10.5 Å². The highest BCUT2D eigenvalue weighted by Crippen LogP contribution is 2.24. The standard InChI is InChI=1S/C19H28N4O3/c1-3-22-10-4-5-16(22)12-20-19(25)21-14-11-18(24)23(13-14)15-6-8-17(26-2)9-7-15/h6-9,14,16H,3-5,10-13H2,1-2H3,(H2,20,21,25)/t14-,16-/m1/s1. The summed E-state index contributed by atoms with van der Waals surface area (Å²) in [6, 6.07) is 7.44. The highest BCUT2D eigenvalue weighted by molar-refractivity contribution is 5.96. The topological polar surface area (TPSA) is 73.9 Å². The first-order valence-electron chi connectivity index (χ1n) is 9.33. The van der Waals surface area contributed by atoms with Crippen LogP contribution >= 0.6 is 0 Å². The second-order valence-corrected chi connectivity index (χ2v) is 6.88. The highest BCUT2D eigenvalue weighted by atomic mass is 16.5. The van der Waals surface area contributed by atoms with Crippen molar-refractivity contribution in [2.45, 2.75) is 38.3 Å². The summed E-state index contributed by atoms with van der Waals surface area (Å²) in [6.07, 6.45) is 2.64. The maximum Gasteiger partial charge on any atom is 0.315 e. The second-order valence-electron chi connectivity index (χ2n) is 6.88. The number of anilines is 1. The predicted octanol–water partition coefficient (Wildman–Crippen LogP) is 1.58. The molecule has 3 amide bonds. The number of carbonyl (C=O) groups is 2. The minimum Gasteiger partial charge on any atom is -0.497 e. The first kappa shape index (κ1) is 18.5. The fourth-order valence-corrected chi connectivity index (χ4v) is 3.81. The summed E-state index contributed by atoms with van der Waals surface area (Å²) in [5.41, 5.74) is 0.824. The van der Waals surface area contributed by atoms with E-state index in [9.17, 15) is 9.59 Å². The first-order valence-corrected chi connectivity index (χ1v) is 9.33. The lowest BCUT2D eigenvalue weighted by atomic mass is 10.2. The van der Waals surface area contributed by atoms with E-state index in [-0.39, 0.29) is 18.0 Å². The average Bonchev–Trinajstić information content (AvgIpc) is 3.26. The molecule has 0 spiro atoms. The van der Waals surface area contributed by atoms with E-state index in [4.69, 9.17) is 4.74 Å². The molecule has 7 nitrogen and oxygen atoms in total. The van der Waals surface area contributed by atoms with Crippen LogP contribution in [-0.2, 0) is 4.79 Å². The molecular formula is C19H28N4O3. The summed E-state index contributed by atoms with van der Waals surface area (Å²) in [5, 5.41) is 5.89. The third-order valence-corrected chi connectivity index (χ3v) is 5.25. The molecular weight excluding hydrogens is 332 g/mol. The molecule has 3 rings (SSSR count). The van der Waals surface area contributed by atoms with E-state index in [1.165, 1.54) is 6.42 Å². The largest absolute Gasteiger partial charge is 0.497 e. The van der Waals surface area contributed by atoms with Crippen molar-refractivity contribution in [3.8, 4) is 5.75 Å². The molecule has 26 heavy (non-hydrogen) atoms. The molecule has 0 radical (unpaired) electrons. The van der Waals surface area contributed by atoms with Crippen LogP contribution in [0.3, 0.4) is 0 Å². The second kappa shape index (κ2) is 8.40. The van der Waals surface area contributed by atoms with Gasteiger partial charge >= 0.3 is 6.03 Å². The molecule has 0 bridgehead atoms. The van der Waals surface area contributed by atoms with Gasteiger partial charge in [0.1, 0.15) is 5.75 Å². The highest BCUT2D eigenvalue weighted by Gasteiger charge is 2.32. The Kier molecular flexibility index (Phi) is 5.98. The number of likely N-dealkylation sites (N-methyl/N-ethyl adjacent to an activating group) is 1. The molecule has 0 unspecified atom stereocenters. The number of benzene rings is 1. The molecule has 2 saturated heterocycles. The molecule has 0 aromatic heterocycles. The Balaban J connectivity index is 1.48. The van der Waals surface area contributed by atoms with Gasteiger partial charge in [-0.15, -0.1) is 0 Å². The summed E-state index contributed by atoms with van der Waals surface area (Å²) in [4.78, 5) is 28.6. The van der Waals surface area contributed by atoms with Crippen molar-refractivity contribution in [2.24, 2.45) is 0 Å². The van der Waals surface area contributed by atoms with Gasteiger partial charge in [0.2, 0.25) is 5.91 Å². The summed E-state index contributed by atoms with van der Waals surface area (Å²) in [6.45, 7) is 5.42. The monoisotopic (exact) mass is 360 g/mol. The number of rotatable bonds is 6. The Morgan fingerprint density at radius 1 is 1.31 bits per heavy atom. The fraction of sp³-hybridized carbons (Fsp3) is 0.579. The van der Waals surface area contributed by atoms with Crippen LogP contribution in [0, 0.1) is 0 Å². The van der Waals surface area contributed by atoms with E-state index < -0.39 is 0 Å². The minimum absolute atomic E-state index is 0.0217. The third-order valence-electron chi connectivity index (χ3n) is 5.25. The number of carbonyl (C=O) groups excluding carboxylic acids is 2. The first-order chi connectivity index (χ1) is 12.6. The number of likely N-dealkylation sites (tertiary alicyclic amines) is 1. The maximum absolute atomic E-state index is 12.3. The Bertz CT molecular complexity index is 634. The quantitative estimate of drug-likeness (QED) is 0.808. The normalized spacial score (nSPS) is 23.3. The van der Waals surface area contributed by atoms with Gasteiger partial charge < -0.3 is 20.3 Å². The lowest BCUT2D eigenvalue weighted by molar-refractivity contribution is -0.117. The molecule has 2 aliphatic heterocycles. The van der Waals surface area contributed by atoms with E-state index in [1.54, 1.807) is 12.0 Å². The van der Waals surface area contributed by atoms with Crippen LogP contribution in [0.2, 0.25) is 0 Å². The van der Waals surface area contributed by atoms with Gasteiger partial charge in [-0.3, -0.25) is 9.69 Å². The molecule has 7 heteroatoms. The van der Waals surface area contributed by atoms with E-state index in [0.717, 1.165) is 30.9 Å². The summed E-state index contributed by atoms with van der Waals surface area (Å²) in [7, 11) is 1.61. The van der Waals surface area contributed by atoms with Crippen molar-refractivity contribution >= 4 is 17.6 Å². The molecule has 142 valence electrons. The Morgan fingerprint density at radius 3 is 2.77 bits per heavy atom. The molecule has 2 atom stereocenters. The van der Waals surface area contributed by atoms with Crippen molar-refractivity contribution in [2.75, 3.05) is 38.2 Å². The summed E-state index contributed by atoms with van der Waals surface area (Å²) in [5.74, 6) is 0.774. The lowest BCUT2D eigenvalue weighted by Gasteiger charge is -2.23. The Labute approximate surface area is 154 Å². The van der Waals surface area contributed by atoms with Gasteiger partial charge in [0.25, 0.3) is 0 Å². The molecule has 2 N–H and O–H groups in total. The molecule has 2 aliphatic rings. The van der Waals surface area contributed by atoms with Crippen molar-refractivity contribution in [3.05, 3.63) is 24.3 Å². The van der Waals surface area contributed by atoms with E-state index in [2.05, 4.69) is 22.5 Å². The Morgan fingerprint density at radius 2 is 2.08 bits per heavy atom. The van der Waals surface area contributed by atoms with Gasteiger partial charge in [0, 0.05) is 31.2 Å². The number of urea groups is 1. The molecule has 2 fully saturated rings. The van der Waals surface area contributed by atoms with Gasteiger partial charge in [0.05, 0.1) is 13.2 Å². The number of hydrogen-bond donors (Lipinski definition) is 2. The molecule has 1 aromatic rings. The van der Waals surface area contributed by atoms with Crippen LogP contribution in [-0.4, -0.2) is 62.2 Å². The average molecular weight is 360 g/mol. The predicted molar refractivity (Wildman–Crippen MR) is 101 cm³/mol. The van der Waals surface area contributed by atoms with Gasteiger partial charge in [-0.25, -0.2) is 4.79 Å². The van der Waals surface area contributed by atoms with Crippen molar-refractivity contribution in [1.82, 2.24) is 15.5 Å². The number of nitrogens with zero attached hydrogens (tertiary/aromatic N) is 2. The number of ether oxygens (including phenoxy) is 1. The van der Waals surface area contributed by atoms with Gasteiger partial charge in [-0.05, 0) is 50.2 Å². The third kappa shape index (κ3) is 4.27. The lowest BCUT2D eigenvalue weighted by Crippen LogP contribution is -2.47. The number of methoxy groups -OCH3 is 1. The minimum atomic E-state index is -0.192. The zero-order chi connectivity index (χ0) is 18.5. The smallest absolute Gasteiger partial charge is 0.315 e. The molecule has 0 saturated carbocycles. The van der Waals surface area contributed by atoms with E-state index in [1.807, 2.05) is 24.3 Å². The van der Waals surface area contributed by atoms with Crippen molar-refractivity contribution in [3.63, 3.8) is 0 Å². The molecule has 2 heterocycles. The van der Waals surface area contributed by atoms with Crippen molar-refractivity contribution in [1.29, 1.82) is 0 Å². The van der Waals surface area contributed by atoms with Crippen LogP contribution in [0.1, 0.15) is 26.2 Å². The molecule has 1 aromatic carbocycles. The zero-order valence-corrected chi connectivity index (χ0v) is 15.5. The number of hydrogen-bond acceptors (Lipinski definition) is 4. The van der Waals surface area contributed by atoms with Crippen LogP contribution in [0.15, 0.2) is 24.3 Å². The summed E-state index contributed by atoms with van der Waals surface area (Å²) < 4.78 is 5.14. The van der Waals surface area contributed by atoms with Gasteiger partial charge in [-0.1, -0.05) is 6.92 Å². The Hall–Kier alpha value is -2.28. The number of amides is 3. The van der Waals surface area contributed by atoms with Gasteiger partial charge in [-0.2, -0.15) is 0 Å². The SMILES string of the molecule is CCN1CCC[C@@H]1CNC(=O)N[C@@H]1CC(=O)N(c2ccc(OC)cc2)C1. The van der Waals surface area contributed by atoms with E-state index >= 15 is 0 Å². The van der Waals surface area contributed by atoms with Crippen LogP contribution in [0.5, 0.6) is 5.75 Å². The summed E-state index contributed by atoms with van der Waals surface area (Å²) >= 11 is 0. The molecule has 0 aliphatic carbocycles. The zero-order valence-electron chi connectivity index (χ0n) is 15.5. The van der Waals surface area contributed by atoms with Crippen LogP contribution < -0.4 is 20.3 Å². The fourth-order valence-electron chi connectivity index (χ4n) is 3.81. The maximum atomic E-state index is 12.3.